The third-order valence-electron chi connectivity index (χ3n) is 5.75. The molecule has 1 atom stereocenters. The first-order valence-electron chi connectivity index (χ1n) is 11.2. The van der Waals surface area contributed by atoms with Crippen LogP contribution in [0, 0.1) is 0 Å². The number of hydrogen-bond acceptors (Lipinski definition) is 7. The maximum Gasteiger partial charge on any atom is 0.250 e. The minimum Gasteiger partial charge on any atom is -0.494 e. The molecule has 1 saturated heterocycles. The molecule has 0 spiro atoms. The molecular formula is C24H24N4O4S2. The average Bonchev–Trinajstić information content (AvgIpc) is 3.50. The van der Waals surface area contributed by atoms with E-state index in [2.05, 4.69) is 10.3 Å². The number of rotatable bonds is 6. The number of likely N-dealkylation sites (tertiary alicyclic amines) is 1. The number of thiazole rings is 1. The van der Waals surface area contributed by atoms with Gasteiger partial charge < -0.3 is 19.9 Å². The Kier molecular flexibility index (Phi) is 6.42. The number of hydrogen-bond donors (Lipinski definition) is 1. The van der Waals surface area contributed by atoms with Crippen LogP contribution in [-0.4, -0.2) is 59.1 Å². The molecule has 8 nitrogen and oxygen atoms in total. The Morgan fingerprint density at radius 3 is 2.76 bits per heavy atom. The van der Waals surface area contributed by atoms with Crippen LogP contribution < -0.4 is 15.0 Å². The van der Waals surface area contributed by atoms with Crippen LogP contribution >= 0.6 is 23.1 Å². The highest BCUT2D eigenvalue weighted by Gasteiger charge is 2.41. The minimum absolute atomic E-state index is 0.177. The Morgan fingerprint density at radius 2 is 1.97 bits per heavy atom. The molecule has 3 heterocycles. The van der Waals surface area contributed by atoms with Crippen molar-refractivity contribution >= 4 is 61.9 Å². The van der Waals surface area contributed by atoms with E-state index in [1.54, 1.807) is 11.0 Å². The van der Waals surface area contributed by atoms with Crippen LogP contribution in [0.5, 0.6) is 5.75 Å². The summed E-state index contributed by atoms with van der Waals surface area (Å²) in [5.74, 6) is -0.158. The quantitative estimate of drug-likeness (QED) is 0.523. The lowest BCUT2D eigenvalue weighted by Crippen LogP contribution is -2.51. The van der Waals surface area contributed by atoms with E-state index in [0.29, 0.717) is 30.5 Å². The van der Waals surface area contributed by atoms with E-state index in [4.69, 9.17) is 4.74 Å². The van der Waals surface area contributed by atoms with Crippen molar-refractivity contribution in [2.75, 3.05) is 36.5 Å². The number of nitrogens with one attached hydrogen (secondary N) is 1. The van der Waals surface area contributed by atoms with E-state index in [9.17, 15) is 14.4 Å². The number of nitrogens with zero attached hydrogens (tertiary/aromatic N) is 3. The zero-order valence-corrected chi connectivity index (χ0v) is 20.3. The fraction of sp³-hybridized carbons (Fsp3) is 0.333. The van der Waals surface area contributed by atoms with E-state index in [0.717, 1.165) is 33.7 Å². The van der Waals surface area contributed by atoms with Crippen molar-refractivity contribution in [2.45, 2.75) is 29.9 Å². The highest BCUT2D eigenvalue weighted by atomic mass is 32.2. The number of aromatic nitrogens is 1. The Balaban J connectivity index is 1.34. The Morgan fingerprint density at radius 1 is 1.18 bits per heavy atom. The van der Waals surface area contributed by atoms with Gasteiger partial charge >= 0.3 is 0 Å². The van der Waals surface area contributed by atoms with Crippen molar-refractivity contribution in [3.8, 4) is 5.75 Å². The van der Waals surface area contributed by atoms with Crippen molar-refractivity contribution in [2.24, 2.45) is 0 Å². The summed E-state index contributed by atoms with van der Waals surface area (Å²) in [6.07, 6.45) is 1.91. The molecule has 3 amide bonds. The van der Waals surface area contributed by atoms with Crippen LogP contribution in [0.15, 0.2) is 47.4 Å². The molecule has 3 aromatic rings. The number of anilines is 2. The zero-order chi connectivity index (χ0) is 23.7. The molecule has 0 unspecified atom stereocenters. The first kappa shape index (κ1) is 22.7. The largest absolute Gasteiger partial charge is 0.494 e. The molecule has 2 aromatic carbocycles. The number of para-hydroxylation sites is 1. The molecule has 2 aliphatic heterocycles. The van der Waals surface area contributed by atoms with Gasteiger partial charge in [-0.15, -0.1) is 11.8 Å². The van der Waals surface area contributed by atoms with E-state index in [1.807, 2.05) is 43.3 Å². The second kappa shape index (κ2) is 9.63. The maximum absolute atomic E-state index is 13.4. The molecule has 10 heteroatoms. The van der Waals surface area contributed by atoms with Gasteiger partial charge in [0.15, 0.2) is 10.4 Å². The monoisotopic (exact) mass is 496 g/mol. The van der Waals surface area contributed by atoms with Gasteiger partial charge in [-0.05, 0) is 50.1 Å². The summed E-state index contributed by atoms with van der Waals surface area (Å²) >= 11 is 2.61. The number of ether oxygens (including phenoxy) is 1. The molecule has 1 N–H and O–H groups in total. The first-order chi connectivity index (χ1) is 16.5. The average molecular weight is 497 g/mol. The van der Waals surface area contributed by atoms with Gasteiger partial charge in [0.05, 0.1) is 22.5 Å². The summed E-state index contributed by atoms with van der Waals surface area (Å²) in [4.78, 5) is 47.8. The van der Waals surface area contributed by atoms with Crippen LogP contribution in [0.1, 0.15) is 19.8 Å². The SMILES string of the molecule is CCOc1ccc2nc(NC(=O)CN3C(=O)[C@@H](C(=O)N4CCCC4)Sc4ccccc43)sc2c1. The highest BCUT2D eigenvalue weighted by molar-refractivity contribution is 8.01. The van der Waals surface area contributed by atoms with Crippen LogP contribution in [0.25, 0.3) is 10.2 Å². The third kappa shape index (κ3) is 4.47. The minimum atomic E-state index is -0.875. The van der Waals surface area contributed by atoms with Crippen molar-refractivity contribution in [3.05, 3.63) is 42.5 Å². The molecule has 0 saturated carbocycles. The molecule has 0 bridgehead atoms. The number of amides is 3. The Labute approximate surface area is 205 Å². The fourth-order valence-electron chi connectivity index (χ4n) is 4.16. The van der Waals surface area contributed by atoms with Gasteiger partial charge in [0, 0.05) is 18.0 Å². The van der Waals surface area contributed by atoms with Crippen LogP contribution in [-0.2, 0) is 14.4 Å². The summed E-state index contributed by atoms with van der Waals surface area (Å²) in [5.41, 5.74) is 1.40. The standard InChI is InChI=1S/C24H24N4O4S2/c1-2-32-15-9-10-16-19(13-15)34-24(25-16)26-20(29)14-28-17-7-3-4-8-18(17)33-21(23(28)31)22(30)27-11-5-6-12-27/h3-4,7-10,13,21H,2,5-6,11-12,14H2,1H3,(H,25,26,29)/t21-/m1/s1. The second-order valence-corrected chi connectivity index (χ2v) is 10.2. The smallest absolute Gasteiger partial charge is 0.250 e. The van der Waals surface area contributed by atoms with Gasteiger partial charge in [-0.2, -0.15) is 0 Å². The maximum atomic E-state index is 13.4. The van der Waals surface area contributed by atoms with Gasteiger partial charge in [-0.3, -0.25) is 14.4 Å². The van der Waals surface area contributed by atoms with E-state index in [1.165, 1.54) is 28.0 Å². The second-order valence-electron chi connectivity index (χ2n) is 8.05. The predicted octanol–water partition coefficient (Wildman–Crippen LogP) is 3.76. The van der Waals surface area contributed by atoms with E-state index in [-0.39, 0.29) is 24.3 Å². The normalized spacial score (nSPS) is 17.7. The number of thioether (sulfide) groups is 1. The summed E-state index contributed by atoms with van der Waals surface area (Å²) in [6, 6.07) is 13.0. The summed E-state index contributed by atoms with van der Waals surface area (Å²) in [6.45, 7) is 3.64. The number of benzene rings is 2. The number of carbonyl (C=O) groups excluding carboxylic acids is 3. The first-order valence-corrected chi connectivity index (χ1v) is 12.9. The zero-order valence-electron chi connectivity index (χ0n) is 18.7. The molecular weight excluding hydrogens is 472 g/mol. The van der Waals surface area contributed by atoms with Crippen molar-refractivity contribution in [1.82, 2.24) is 9.88 Å². The summed E-state index contributed by atoms with van der Waals surface area (Å²) in [7, 11) is 0. The van der Waals surface area contributed by atoms with E-state index < -0.39 is 5.25 Å². The van der Waals surface area contributed by atoms with E-state index >= 15 is 0 Å². The van der Waals surface area contributed by atoms with Crippen LogP contribution in [0.4, 0.5) is 10.8 Å². The van der Waals surface area contributed by atoms with Crippen molar-refractivity contribution < 1.29 is 19.1 Å². The summed E-state index contributed by atoms with van der Waals surface area (Å²) < 4.78 is 6.43. The van der Waals surface area contributed by atoms with Crippen LogP contribution in [0.2, 0.25) is 0 Å². The lowest BCUT2D eigenvalue weighted by Gasteiger charge is -2.34. The lowest BCUT2D eigenvalue weighted by molar-refractivity contribution is -0.134. The van der Waals surface area contributed by atoms with Gasteiger partial charge in [0.25, 0.3) is 5.91 Å². The molecule has 34 heavy (non-hydrogen) atoms. The molecule has 176 valence electrons. The predicted molar refractivity (Wildman–Crippen MR) is 134 cm³/mol. The molecule has 1 fully saturated rings. The molecule has 0 radical (unpaired) electrons. The van der Waals surface area contributed by atoms with Gasteiger partial charge in [-0.25, -0.2) is 4.98 Å². The third-order valence-corrected chi connectivity index (χ3v) is 7.92. The van der Waals surface area contributed by atoms with Gasteiger partial charge in [0.1, 0.15) is 12.3 Å². The molecule has 5 rings (SSSR count). The van der Waals surface area contributed by atoms with Crippen molar-refractivity contribution in [1.29, 1.82) is 0 Å². The molecule has 0 aliphatic carbocycles. The topological polar surface area (TPSA) is 91.8 Å². The molecule has 1 aromatic heterocycles. The Bertz CT molecular complexity index is 1250. The van der Waals surface area contributed by atoms with Gasteiger partial charge in [0.2, 0.25) is 11.8 Å². The van der Waals surface area contributed by atoms with Crippen LogP contribution in [0.3, 0.4) is 0 Å². The molecule has 2 aliphatic rings. The highest BCUT2D eigenvalue weighted by Crippen LogP contribution is 2.40. The van der Waals surface area contributed by atoms with Gasteiger partial charge in [-0.1, -0.05) is 23.5 Å². The Hall–Kier alpha value is -3.11. The summed E-state index contributed by atoms with van der Waals surface area (Å²) in [5, 5.41) is 2.39. The fourth-order valence-corrected chi connectivity index (χ4v) is 6.26. The number of carbonyl (C=O) groups is 3. The lowest BCUT2D eigenvalue weighted by atomic mass is 10.2. The number of fused-ring (bicyclic) bond motifs is 2. The van der Waals surface area contributed by atoms with Crippen molar-refractivity contribution in [3.63, 3.8) is 0 Å².